The minimum absolute atomic E-state index is 0.0397. The first kappa shape index (κ1) is 26.7. The van der Waals surface area contributed by atoms with Crippen molar-refractivity contribution in [3.63, 3.8) is 0 Å². The van der Waals surface area contributed by atoms with Gasteiger partial charge >= 0.3 is 18.0 Å². The monoisotopic (exact) mass is 489 g/mol. The van der Waals surface area contributed by atoms with Gasteiger partial charge in [-0.1, -0.05) is 18.2 Å². The van der Waals surface area contributed by atoms with Gasteiger partial charge in [-0.3, -0.25) is 25.0 Å². The Morgan fingerprint density at radius 1 is 0.971 bits per heavy atom. The van der Waals surface area contributed by atoms with E-state index in [-0.39, 0.29) is 11.3 Å². The van der Waals surface area contributed by atoms with Crippen LogP contribution in [0.4, 0.5) is 16.2 Å². The molecular formula is C22H23N3O10. The van der Waals surface area contributed by atoms with Crippen LogP contribution < -0.4 is 10.1 Å². The molecule has 186 valence electrons. The molecule has 0 fully saturated rings. The van der Waals surface area contributed by atoms with Crippen molar-refractivity contribution >= 4 is 29.4 Å². The molecule has 1 atom stereocenters. The number of alkyl carbamates (subject to hydrolysis) is 1. The Hall–Kier alpha value is -4.55. The zero-order chi connectivity index (χ0) is 26.2. The van der Waals surface area contributed by atoms with Crippen molar-refractivity contribution < 1.29 is 38.4 Å². The van der Waals surface area contributed by atoms with Crippen LogP contribution in [-0.4, -0.2) is 39.5 Å². The Labute approximate surface area is 199 Å². The summed E-state index contributed by atoms with van der Waals surface area (Å²) in [7, 11) is 0. The molecule has 0 aromatic heterocycles. The molecule has 0 bridgehead atoms. The van der Waals surface area contributed by atoms with E-state index < -0.39 is 63.9 Å². The van der Waals surface area contributed by atoms with E-state index in [0.717, 1.165) is 18.2 Å². The molecule has 0 radical (unpaired) electrons. The fourth-order valence-corrected chi connectivity index (χ4v) is 2.68. The third kappa shape index (κ3) is 9.07. The van der Waals surface area contributed by atoms with Crippen LogP contribution in [0.15, 0.2) is 48.5 Å². The van der Waals surface area contributed by atoms with E-state index in [0.29, 0.717) is 0 Å². The number of nitrogens with zero attached hydrogens (tertiary/aromatic N) is 2. The van der Waals surface area contributed by atoms with E-state index >= 15 is 0 Å². The number of ether oxygens (including phenoxy) is 3. The molecule has 0 spiro atoms. The van der Waals surface area contributed by atoms with Gasteiger partial charge in [-0.25, -0.2) is 9.59 Å². The molecule has 0 aliphatic rings. The normalized spacial score (nSPS) is 11.6. The lowest BCUT2D eigenvalue weighted by molar-refractivity contribution is -0.394. The molecule has 0 saturated carbocycles. The second-order valence-electron chi connectivity index (χ2n) is 8.17. The largest absolute Gasteiger partial charge is 0.459 e. The van der Waals surface area contributed by atoms with Gasteiger partial charge < -0.3 is 19.5 Å². The molecule has 2 aromatic carbocycles. The highest BCUT2D eigenvalue weighted by atomic mass is 16.6. The highest BCUT2D eigenvalue weighted by molar-refractivity contribution is 5.87. The van der Waals surface area contributed by atoms with Crippen molar-refractivity contribution in [1.82, 2.24) is 5.32 Å². The number of benzene rings is 2. The summed E-state index contributed by atoms with van der Waals surface area (Å²) in [6, 6.07) is 9.23. The number of carbonyl (C=O) groups excluding carboxylic acids is 3. The number of hydrogen-bond acceptors (Lipinski definition) is 10. The molecule has 13 nitrogen and oxygen atoms in total. The molecule has 35 heavy (non-hydrogen) atoms. The maximum atomic E-state index is 12.7. The number of nitrogens with one attached hydrogen (secondary N) is 1. The molecule has 13 heteroatoms. The van der Waals surface area contributed by atoms with Crippen molar-refractivity contribution in [2.24, 2.45) is 0 Å². The molecule has 0 heterocycles. The van der Waals surface area contributed by atoms with Crippen LogP contribution in [-0.2, 0) is 25.7 Å². The molecule has 1 amide bonds. The van der Waals surface area contributed by atoms with Gasteiger partial charge in [-0.2, -0.15) is 0 Å². The lowest BCUT2D eigenvalue weighted by atomic mass is 10.2. The third-order valence-corrected chi connectivity index (χ3v) is 4.09. The van der Waals surface area contributed by atoms with Crippen LogP contribution in [0.2, 0.25) is 0 Å². The van der Waals surface area contributed by atoms with E-state index in [9.17, 15) is 34.6 Å². The molecule has 1 N–H and O–H groups in total. The SMILES string of the molecule is CC(C)(C)OC(=O)N[C@@H](CC(=O)Oc1ccccc1)C(=O)OCc1cc([N+](=O)[O-])cc([N+](=O)[O-])c1. The van der Waals surface area contributed by atoms with Crippen molar-refractivity contribution in [2.75, 3.05) is 0 Å². The predicted molar refractivity (Wildman–Crippen MR) is 119 cm³/mol. The molecular weight excluding hydrogens is 466 g/mol. The van der Waals surface area contributed by atoms with Gasteiger partial charge in [0.2, 0.25) is 0 Å². The number of nitro benzene ring substituents is 2. The minimum atomic E-state index is -1.53. The van der Waals surface area contributed by atoms with Gasteiger partial charge in [0, 0.05) is 17.7 Å². The summed E-state index contributed by atoms with van der Waals surface area (Å²) < 4.78 is 15.3. The Bertz CT molecular complexity index is 1080. The number of non-ortho nitro benzene ring substituents is 2. The Morgan fingerprint density at radius 2 is 1.54 bits per heavy atom. The van der Waals surface area contributed by atoms with E-state index in [4.69, 9.17) is 14.2 Å². The number of rotatable bonds is 9. The molecule has 0 unspecified atom stereocenters. The fraction of sp³-hybridized carbons (Fsp3) is 0.318. The first-order chi connectivity index (χ1) is 16.3. The van der Waals surface area contributed by atoms with Crippen molar-refractivity contribution in [2.45, 2.75) is 45.4 Å². The summed E-state index contributed by atoms with van der Waals surface area (Å²) in [6.07, 6.45) is -1.62. The highest BCUT2D eigenvalue weighted by Crippen LogP contribution is 2.23. The molecule has 0 aliphatic heterocycles. The summed E-state index contributed by atoms with van der Waals surface area (Å²) >= 11 is 0. The Morgan fingerprint density at radius 3 is 2.06 bits per heavy atom. The van der Waals surface area contributed by atoms with Crippen LogP contribution >= 0.6 is 0 Å². The van der Waals surface area contributed by atoms with Crippen molar-refractivity contribution in [3.05, 3.63) is 74.3 Å². The third-order valence-electron chi connectivity index (χ3n) is 4.09. The van der Waals surface area contributed by atoms with E-state index in [1.165, 1.54) is 12.1 Å². The number of para-hydroxylation sites is 1. The van der Waals surface area contributed by atoms with E-state index in [1.54, 1.807) is 39.0 Å². The Balaban J connectivity index is 2.16. The zero-order valence-electron chi connectivity index (χ0n) is 19.1. The number of esters is 2. The highest BCUT2D eigenvalue weighted by Gasteiger charge is 2.29. The standard InChI is InChI=1S/C22H23N3O10/c1-22(2,3)35-21(28)23-18(12-19(26)34-17-7-5-4-6-8-17)20(27)33-13-14-9-15(24(29)30)11-16(10-14)25(31)32/h4-11,18H,12-13H2,1-3H3,(H,23,28)/t18-/m0/s1. The van der Waals surface area contributed by atoms with Crippen LogP contribution in [0.3, 0.4) is 0 Å². The van der Waals surface area contributed by atoms with Crippen LogP contribution in [0, 0.1) is 20.2 Å². The summed E-state index contributed by atoms with van der Waals surface area (Å²) in [6.45, 7) is 4.19. The quantitative estimate of drug-likeness (QED) is 0.237. The smallest absolute Gasteiger partial charge is 0.408 e. The molecule has 0 aliphatic carbocycles. The summed E-state index contributed by atoms with van der Waals surface area (Å²) in [4.78, 5) is 57.6. The van der Waals surface area contributed by atoms with Gasteiger partial charge in [0.05, 0.1) is 22.3 Å². The topological polar surface area (TPSA) is 177 Å². The van der Waals surface area contributed by atoms with Crippen LogP contribution in [0.25, 0.3) is 0 Å². The number of hydrogen-bond donors (Lipinski definition) is 1. The maximum Gasteiger partial charge on any atom is 0.408 e. The minimum Gasteiger partial charge on any atom is -0.459 e. The van der Waals surface area contributed by atoms with Gasteiger partial charge in [-0.15, -0.1) is 0 Å². The lowest BCUT2D eigenvalue weighted by Gasteiger charge is -2.22. The Kier molecular flexibility index (Phi) is 8.80. The first-order valence-corrected chi connectivity index (χ1v) is 10.2. The average Bonchev–Trinajstić information content (AvgIpc) is 2.76. The molecule has 0 saturated heterocycles. The second-order valence-corrected chi connectivity index (χ2v) is 8.17. The van der Waals surface area contributed by atoms with Gasteiger partial charge in [0.25, 0.3) is 11.4 Å². The first-order valence-electron chi connectivity index (χ1n) is 10.2. The number of nitro groups is 2. The van der Waals surface area contributed by atoms with Gasteiger partial charge in [0.1, 0.15) is 24.0 Å². The average molecular weight is 489 g/mol. The van der Waals surface area contributed by atoms with Crippen molar-refractivity contribution in [3.8, 4) is 5.75 Å². The summed E-state index contributed by atoms with van der Waals surface area (Å²) in [5, 5.41) is 24.3. The van der Waals surface area contributed by atoms with E-state index in [2.05, 4.69) is 5.32 Å². The molecule has 2 rings (SSSR count). The fourth-order valence-electron chi connectivity index (χ4n) is 2.68. The van der Waals surface area contributed by atoms with Crippen LogP contribution in [0.5, 0.6) is 5.75 Å². The van der Waals surface area contributed by atoms with Gasteiger partial charge in [0.15, 0.2) is 0 Å². The van der Waals surface area contributed by atoms with E-state index in [1.807, 2.05) is 0 Å². The second kappa shape index (κ2) is 11.5. The van der Waals surface area contributed by atoms with Gasteiger partial charge in [-0.05, 0) is 32.9 Å². The maximum absolute atomic E-state index is 12.7. The summed E-state index contributed by atoms with van der Waals surface area (Å²) in [5.74, 6) is -1.74. The number of carbonyl (C=O) groups is 3. The summed E-state index contributed by atoms with van der Waals surface area (Å²) in [5.41, 5.74) is -2.08. The number of amides is 1. The molecule has 2 aromatic rings. The zero-order valence-corrected chi connectivity index (χ0v) is 19.1. The lowest BCUT2D eigenvalue weighted by Crippen LogP contribution is -2.45. The predicted octanol–water partition coefficient (Wildman–Crippen LogP) is 3.44. The van der Waals surface area contributed by atoms with Crippen LogP contribution in [0.1, 0.15) is 32.8 Å². The van der Waals surface area contributed by atoms with Crippen molar-refractivity contribution in [1.29, 1.82) is 0 Å².